The SMILES string of the molecule is CC1(C(=O)O)CCCN1C(=O)c1ccc(NCc2ccccc2)c([N+](=O)[O-])c1. The summed E-state index contributed by atoms with van der Waals surface area (Å²) >= 11 is 0. The third-order valence-corrected chi connectivity index (χ3v) is 5.11. The van der Waals surface area contributed by atoms with E-state index in [4.69, 9.17) is 0 Å². The van der Waals surface area contributed by atoms with Gasteiger partial charge in [-0.1, -0.05) is 30.3 Å². The minimum absolute atomic E-state index is 0.103. The van der Waals surface area contributed by atoms with Crippen molar-refractivity contribution >= 4 is 23.3 Å². The normalized spacial score (nSPS) is 18.7. The molecular formula is C20H21N3O5. The molecule has 0 aliphatic carbocycles. The average molecular weight is 383 g/mol. The number of nitro groups is 1. The Morgan fingerprint density at radius 1 is 1.25 bits per heavy atom. The van der Waals surface area contributed by atoms with E-state index < -0.39 is 22.3 Å². The van der Waals surface area contributed by atoms with E-state index in [9.17, 15) is 24.8 Å². The molecule has 1 aliphatic heterocycles. The fraction of sp³-hybridized carbons (Fsp3) is 0.300. The van der Waals surface area contributed by atoms with Crippen molar-refractivity contribution in [3.05, 3.63) is 69.8 Å². The van der Waals surface area contributed by atoms with Crippen molar-refractivity contribution in [3.8, 4) is 0 Å². The van der Waals surface area contributed by atoms with Crippen LogP contribution in [0.5, 0.6) is 0 Å². The molecule has 1 aliphatic rings. The lowest BCUT2D eigenvalue weighted by molar-refractivity contribution is -0.384. The summed E-state index contributed by atoms with van der Waals surface area (Å²) in [4.78, 5) is 36.7. The number of benzene rings is 2. The van der Waals surface area contributed by atoms with E-state index in [1.165, 1.54) is 30.0 Å². The zero-order valence-electron chi connectivity index (χ0n) is 15.4. The highest BCUT2D eigenvalue weighted by molar-refractivity contribution is 5.99. The van der Waals surface area contributed by atoms with Crippen LogP contribution in [0.3, 0.4) is 0 Å². The number of carboxylic acid groups (broad SMARTS) is 1. The van der Waals surface area contributed by atoms with E-state index in [-0.39, 0.29) is 11.3 Å². The summed E-state index contributed by atoms with van der Waals surface area (Å²) in [5.41, 5.74) is -0.153. The Balaban J connectivity index is 1.85. The second kappa shape index (κ2) is 7.67. The van der Waals surface area contributed by atoms with Gasteiger partial charge in [0.2, 0.25) is 0 Å². The highest BCUT2D eigenvalue weighted by atomic mass is 16.6. The predicted octanol–water partition coefficient (Wildman–Crippen LogP) is 3.29. The molecule has 1 amide bonds. The molecule has 1 saturated heterocycles. The number of rotatable bonds is 6. The Labute approximate surface area is 161 Å². The van der Waals surface area contributed by atoms with Gasteiger partial charge in [-0.25, -0.2) is 4.79 Å². The zero-order chi connectivity index (χ0) is 20.3. The van der Waals surface area contributed by atoms with Crippen LogP contribution in [0.25, 0.3) is 0 Å². The molecule has 146 valence electrons. The number of nitro benzene ring substituents is 1. The fourth-order valence-corrected chi connectivity index (χ4v) is 3.43. The van der Waals surface area contributed by atoms with Crippen LogP contribution in [0.1, 0.15) is 35.7 Å². The monoisotopic (exact) mass is 383 g/mol. The second-order valence-electron chi connectivity index (χ2n) is 6.97. The van der Waals surface area contributed by atoms with Crippen molar-refractivity contribution in [3.63, 3.8) is 0 Å². The van der Waals surface area contributed by atoms with Gasteiger partial charge in [0.15, 0.2) is 0 Å². The Kier molecular flexibility index (Phi) is 5.30. The standard InChI is InChI=1S/C20H21N3O5/c1-20(19(25)26)10-5-11-22(20)18(24)15-8-9-16(17(12-15)23(27)28)21-13-14-6-3-2-4-7-14/h2-4,6-9,12,21H,5,10-11,13H2,1H3,(H,25,26). The Bertz CT molecular complexity index is 915. The first-order valence-corrected chi connectivity index (χ1v) is 8.94. The Morgan fingerprint density at radius 2 is 1.96 bits per heavy atom. The number of carbonyl (C=O) groups excluding carboxylic acids is 1. The average Bonchev–Trinajstić information content (AvgIpc) is 3.09. The van der Waals surface area contributed by atoms with Crippen LogP contribution in [-0.2, 0) is 11.3 Å². The number of nitrogens with zero attached hydrogens (tertiary/aromatic N) is 2. The molecule has 0 aromatic heterocycles. The van der Waals surface area contributed by atoms with Crippen molar-refractivity contribution in [1.82, 2.24) is 4.90 Å². The number of carbonyl (C=O) groups is 2. The summed E-state index contributed by atoms with van der Waals surface area (Å²) in [5, 5.41) is 24.0. The molecule has 2 N–H and O–H groups in total. The first kappa shape index (κ1) is 19.3. The van der Waals surface area contributed by atoms with E-state index >= 15 is 0 Å². The molecule has 1 atom stereocenters. The lowest BCUT2D eigenvalue weighted by Gasteiger charge is -2.31. The molecule has 3 rings (SSSR count). The predicted molar refractivity (Wildman–Crippen MR) is 103 cm³/mol. The van der Waals surface area contributed by atoms with Crippen molar-refractivity contribution in [1.29, 1.82) is 0 Å². The van der Waals surface area contributed by atoms with E-state index in [0.717, 1.165) is 5.56 Å². The maximum absolute atomic E-state index is 12.9. The molecule has 1 fully saturated rings. The summed E-state index contributed by atoms with van der Waals surface area (Å²) in [5.74, 6) is -1.59. The van der Waals surface area contributed by atoms with Crippen molar-refractivity contribution in [2.24, 2.45) is 0 Å². The van der Waals surface area contributed by atoms with Gasteiger partial charge in [0.25, 0.3) is 11.6 Å². The van der Waals surface area contributed by atoms with Gasteiger partial charge >= 0.3 is 5.97 Å². The van der Waals surface area contributed by atoms with Crippen LogP contribution in [0.2, 0.25) is 0 Å². The van der Waals surface area contributed by atoms with Gasteiger partial charge in [0.1, 0.15) is 11.2 Å². The molecule has 0 bridgehead atoms. The number of aliphatic carboxylic acids is 1. The molecule has 8 nitrogen and oxygen atoms in total. The molecule has 0 radical (unpaired) electrons. The maximum Gasteiger partial charge on any atom is 0.329 e. The summed E-state index contributed by atoms with van der Waals surface area (Å²) < 4.78 is 0. The molecule has 0 spiro atoms. The van der Waals surface area contributed by atoms with Gasteiger partial charge < -0.3 is 15.3 Å². The molecule has 1 heterocycles. The molecule has 2 aromatic carbocycles. The molecular weight excluding hydrogens is 362 g/mol. The first-order chi connectivity index (χ1) is 13.3. The first-order valence-electron chi connectivity index (χ1n) is 8.94. The van der Waals surface area contributed by atoms with Crippen molar-refractivity contribution in [2.75, 3.05) is 11.9 Å². The highest BCUT2D eigenvalue weighted by Gasteiger charge is 2.46. The van der Waals surface area contributed by atoms with E-state index in [0.29, 0.717) is 31.6 Å². The minimum atomic E-state index is -1.30. The van der Waals surface area contributed by atoms with Crippen LogP contribution in [0.4, 0.5) is 11.4 Å². The van der Waals surface area contributed by atoms with Crippen molar-refractivity contribution in [2.45, 2.75) is 31.8 Å². The topological polar surface area (TPSA) is 113 Å². The third kappa shape index (κ3) is 3.66. The van der Waals surface area contributed by atoms with Gasteiger partial charge in [-0.3, -0.25) is 14.9 Å². The fourth-order valence-electron chi connectivity index (χ4n) is 3.43. The van der Waals surface area contributed by atoms with Crippen LogP contribution >= 0.6 is 0 Å². The zero-order valence-corrected chi connectivity index (χ0v) is 15.4. The summed E-state index contributed by atoms with van der Waals surface area (Å²) in [7, 11) is 0. The van der Waals surface area contributed by atoms with Crippen LogP contribution in [0.15, 0.2) is 48.5 Å². The molecule has 0 saturated carbocycles. The van der Waals surface area contributed by atoms with E-state index in [1.807, 2.05) is 30.3 Å². The van der Waals surface area contributed by atoms with Crippen LogP contribution < -0.4 is 5.32 Å². The lowest BCUT2D eigenvalue weighted by Crippen LogP contribution is -2.50. The summed E-state index contributed by atoms with van der Waals surface area (Å²) in [6.45, 7) is 2.21. The summed E-state index contributed by atoms with van der Waals surface area (Å²) in [6.07, 6.45) is 0.931. The van der Waals surface area contributed by atoms with Gasteiger partial charge in [-0.05, 0) is 37.5 Å². The second-order valence-corrected chi connectivity index (χ2v) is 6.97. The third-order valence-electron chi connectivity index (χ3n) is 5.11. The number of carboxylic acids is 1. The lowest BCUT2D eigenvalue weighted by atomic mass is 9.98. The number of hydrogen-bond donors (Lipinski definition) is 2. The molecule has 1 unspecified atom stereocenters. The van der Waals surface area contributed by atoms with E-state index in [1.54, 1.807) is 0 Å². The molecule has 28 heavy (non-hydrogen) atoms. The van der Waals surface area contributed by atoms with Crippen LogP contribution in [0, 0.1) is 10.1 Å². The largest absolute Gasteiger partial charge is 0.480 e. The number of anilines is 1. The van der Waals surface area contributed by atoms with Gasteiger partial charge in [0, 0.05) is 24.7 Å². The Morgan fingerprint density at radius 3 is 2.61 bits per heavy atom. The highest BCUT2D eigenvalue weighted by Crippen LogP contribution is 2.33. The Hall–Kier alpha value is -3.42. The number of nitrogens with one attached hydrogen (secondary N) is 1. The van der Waals surface area contributed by atoms with E-state index in [2.05, 4.69) is 5.32 Å². The van der Waals surface area contributed by atoms with Crippen LogP contribution in [-0.4, -0.2) is 38.9 Å². The number of hydrogen-bond acceptors (Lipinski definition) is 5. The number of amides is 1. The maximum atomic E-state index is 12.9. The van der Waals surface area contributed by atoms with Crippen molar-refractivity contribution < 1.29 is 19.6 Å². The molecule has 2 aromatic rings. The quantitative estimate of drug-likeness (QED) is 0.585. The van der Waals surface area contributed by atoms with Gasteiger partial charge in [0.05, 0.1) is 4.92 Å². The number of likely N-dealkylation sites (tertiary alicyclic amines) is 1. The molecule has 8 heteroatoms. The smallest absolute Gasteiger partial charge is 0.329 e. The summed E-state index contributed by atoms with van der Waals surface area (Å²) in [6, 6.07) is 13.6. The van der Waals surface area contributed by atoms with Gasteiger partial charge in [-0.2, -0.15) is 0 Å². The van der Waals surface area contributed by atoms with Gasteiger partial charge in [-0.15, -0.1) is 0 Å². The minimum Gasteiger partial charge on any atom is -0.480 e.